The molecule has 2 N–H and O–H groups in total. The molecule has 0 bridgehead atoms. The second kappa shape index (κ2) is 8.53. The van der Waals surface area contributed by atoms with Crippen molar-refractivity contribution in [2.75, 3.05) is 5.32 Å². The van der Waals surface area contributed by atoms with Gasteiger partial charge in [-0.05, 0) is 61.7 Å². The largest absolute Gasteiger partial charge is 0.348 e. The SMILES string of the molecule is Cc1cccc(CNC(=O)c2ccc(C(=O)Nc3c(C)cccc3C)cc2)c1. The normalized spacial score (nSPS) is 10.4. The van der Waals surface area contributed by atoms with Crippen LogP contribution in [0.15, 0.2) is 66.7 Å². The van der Waals surface area contributed by atoms with Gasteiger partial charge in [-0.2, -0.15) is 0 Å². The lowest BCUT2D eigenvalue weighted by molar-refractivity contribution is 0.0949. The first kappa shape index (κ1) is 19.4. The molecule has 0 fully saturated rings. The molecule has 142 valence electrons. The van der Waals surface area contributed by atoms with Gasteiger partial charge in [0.05, 0.1) is 0 Å². The lowest BCUT2D eigenvalue weighted by Crippen LogP contribution is -2.23. The summed E-state index contributed by atoms with van der Waals surface area (Å²) in [6.07, 6.45) is 0. The second-order valence-corrected chi connectivity index (χ2v) is 6.97. The van der Waals surface area contributed by atoms with Crippen LogP contribution in [0, 0.1) is 20.8 Å². The van der Waals surface area contributed by atoms with Gasteiger partial charge in [0.25, 0.3) is 11.8 Å². The van der Waals surface area contributed by atoms with E-state index in [1.807, 2.05) is 63.2 Å². The van der Waals surface area contributed by atoms with E-state index in [-0.39, 0.29) is 11.8 Å². The number of carbonyl (C=O) groups excluding carboxylic acids is 2. The third-order valence-electron chi connectivity index (χ3n) is 4.66. The third-order valence-corrected chi connectivity index (χ3v) is 4.66. The summed E-state index contributed by atoms with van der Waals surface area (Å²) in [6.45, 7) is 6.41. The van der Waals surface area contributed by atoms with E-state index >= 15 is 0 Å². The molecule has 0 aromatic heterocycles. The van der Waals surface area contributed by atoms with Gasteiger partial charge >= 0.3 is 0 Å². The van der Waals surface area contributed by atoms with Gasteiger partial charge in [0, 0.05) is 23.4 Å². The number of rotatable bonds is 5. The summed E-state index contributed by atoms with van der Waals surface area (Å²) in [5.74, 6) is -0.354. The number of benzene rings is 3. The summed E-state index contributed by atoms with van der Waals surface area (Å²) < 4.78 is 0. The van der Waals surface area contributed by atoms with Crippen LogP contribution in [0.1, 0.15) is 43.0 Å². The van der Waals surface area contributed by atoms with Gasteiger partial charge in [-0.15, -0.1) is 0 Å². The standard InChI is InChI=1S/C24H24N2O2/c1-16-6-4-9-19(14-16)15-25-23(27)20-10-12-21(13-11-20)24(28)26-22-17(2)7-5-8-18(22)3/h4-14H,15H2,1-3H3,(H,25,27)(H,26,28). The zero-order chi connectivity index (χ0) is 20.1. The molecule has 0 aliphatic heterocycles. The summed E-state index contributed by atoms with van der Waals surface area (Å²) in [7, 11) is 0. The number of hydrogen-bond acceptors (Lipinski definition) is 2. The highest BCUT2D eigenvalue weighted by Crippen LogP contribution is 2.20. The minimum atomic E-state index is -0.191. The Hall–Kier alpha value is -3.40. The van der Waals surface area contributed by atoms with Gasteiger partial charge < -0.3 is 10.6 Å². The first-order valence-electron chi connectivity index (χ1n) is 9.25. The van der Waals surface area contributed by atoms with E-state index in [9.17, 15) is 9.59 Å². The molecule has 0 aliphatic carbocycles. The van der Waals surface area contributed by atoms with Crippen molar-refractivity contribution in [3.63, 3.8) is 0 Å². The molecule has 2 amide bonds. The van der Waals surface area contributed by atoms with Crippen molar-refractivity contribution >= 4 is 17.5 Å². The Morgan fingerprint density at radius 3 is 1.93 bits per heavy atom. The highest BCUT2D eigenvalue weighted by Gasteiger charge is 2.11. The molecule has 4 heteroatoms. The lowest BCUT2D eigenvalue weighted by Gasteiger charge is -2.12. The van der Waals surface area contributed by atoms with Crippen molar-refractivity contribution in [3.05, 3.63) is 100 Å². The summed E-state index contributed by atoms with van der Waals surface area (Å²) in [5, 5.41) is 5.86. The van der Waals surface area contributed by atoms with Crippen LogP contribution in [0.4, 0.5) is 5.69 Å². The van der Waals surface area contributed by atoms with E-state index in [0.717, 1.165) is 27.9 Å². The van der Waals surface area contributed by atoms with Gasteiger partial charge in [-0.3, -0.25) is 9.59 Å². The van der Waals surface area contributed by atoms with E-state index in [2.05, 4.69) is 10.6 Å². The fourth-order valence-electron chi connectivity index (χ4n) is 3.08. The van der Waals surface area contributed by atoms with E-state index in [4.69, 9.17) is 0 Å². The molecule has 0 unspecified atom stereocenters. The monoisotopic (exact) mass is 372 g/mol. The zero-order valence-corrected chi connectivity index (χ0v) is 16.4. The predicted octanol–water partition coefficient (Wildman–Crippen LogP) is 4.79. The van der Waals surface area contributed by atoms with Crippen molar-refractivity contribution in [3.8, 4) is 0 Å². The number of amides is 2. The third kappa shape index (κ3) is 4.65. The maximum absolute atomic E-state index is 12.5. The van der Waals surface area contributed by atoms with Gasteiger partial charge in [0.1, 0.15) is 0 Å². The minimum absolute atomic E-state index is 0.164. The molecule has 0 spiro atoms. The van der Waals surface area contributed by atoms with E-state index in [1.165, 1.54) is 0 Å². The molecule has 0 aliphatic rings. The molecular weight excluding hydrogens is 348 g/mol. The smallest absolute Gasteiger partial charge is 0.255 e. The lowest BCUT2D eigenvalue weighted by atomic mass is 10.1. The fourth-order valence-corrected chi connectivity index (χ4v) is 3.08. The first-order chi connectivity index (χ1) is 13.4. The van der Waals surface area contributed by atoms with E-state index in [0.29, 0.717) is 17.7 Å². The first-order valence-corrected chi connectivity index (χ1v) is 9.25. The number of hydrogen-bond donors (Lipinski definition) is 2. The summed E-state index contributed by atoms with van der Waals surface area (Å²) in [5.41, 5.74) is 6.10. The van der Waals surface area contributed by atoms with Crippen LogP contribution >= 0.6 is 0 Å². The second-order valence-electron chi connectivity index (χ2n) is 6.97. The number of para-hydroxylation sites is 1. The van der Waals surface area contributed by atoms with Crippen LogP contribution in [-0.4, -0.2) is 11.8 Å². The van der Waals surface area contributed by atoms with E-state index in [1.54, 1.807) is 24.3 Å². The predicted molar refractivity (Wildman–Crippen MR) is 113 cm³/mol. The summed E-state index contributed by atoms with van der Waals surface area (Å²) in [6, 6.07) is 20.6. The topological polar surface area (TPSA) is 58.2 Å². The van der Waals surface area contributed by atoms with Gasteiger partial charge in [0.2, 0.25) is 0 Å². The maximum atomic E-state index is 12.5. The number of carbonyl (C=O) groups is 2. The van der Waals surface area contributed by atoms with Gasteiger partial charge in [-0.1, -0.05) is 48.0 Å². The van der Waals surface area contributed by atoms with Crippen LogP contribution in [0.5, 0.6) is 0 Å². The average molecular weight is 372 g/mol. The number of aryl methyl sites for hydroxylation is 3. The van der Waals surface area contributed by atoms with Gasteiger partial charge in [0.15, 0.2) is 0 Å². The molecule has 0 saturated heterocycles. The molecule has 3 aromatic carbocycles. The van der Waals surface area contributed by atoms with Crippen LogP contribution in [0.2, 0.25) is 0 Å². The molecule has 4 nitrogen and oxygen atoms in total. The Labute approximate surface area is 165 Å². The molecule has 3 aromatic rings. The molecule has 0 atom stereocenters. The Kier molecular flexibility index (Phi) is 5.90. The number of nitrogens with one attached hydrogen (secondary N) is 2. The Balaban J connectivity index is 1.64. The van der Waals surface area contributed by atoms with Crippen molar-refractivity contribution in [2.45, 2.75) is 27.3 Å². The van der Waals surface area contributed by atoms with Crippen LogP contribution in [-0.2, 0) is 6.54 Å². The van der Waals surface area contributed by atoms with E-state index < -0.39 is 0 Å². The molecule has 0 heterocycles. The van der Waals surface area contributed by atoms with Crippen molar-refractivity contribution in [2.24, 2.45) is 0 Å². The quantitative estimate of drug-likeness (QED) is 0.676. The van der Waals surface area contributed by atoms with Crippen LogP contribution in [0.25, 0.3) is 0 Å². The molecule has 0 saturated carbocycles. The fraction of sp³-hybridized carbons (Fsp3) is 0.167. The minimum Gasteiger partial charge on any atom is -0.348 e. The Bertz CT molecular complexity index is 987. The zero-order valence-electron chi connectivity index (χ0n) is 16.4. The average Bonchev–Trinajstić information content (AvgIpc) is 2.69. The highest BCUT2D eigenvalue weighted by molar-refractivity contribution is 6.05. The maximum Gasteiger partial charge on any atom is 0.255 e. The molecule has 28 heavy (non-hydrogen) atoms. The van der Waals surface area contributed by atoms with Crippen molar-refractivity contribution in [1.29, 1.82) is 0 Å². The number of anilines is 1. The Morgan fingerprint density at radius 1 is 0.750 bits per heavy atom. The summed E-state index contributed by atoms with van der Waals surface area (Å²) in [4.78, 5) is 24.9. The van der Waals surface area contributed by atoms with Crippen LogP contribution in [0.3, 0.4) is 0 Å². The van der Waals surface area contributed by atoms with Crippen molar-refractivity contribution in [1.82, 2.24) is 5.32 Å². The highest BCUT2D eigenvalue weighted by atomic mass is 16.2. The van der Waals surface area contributed by atoms with Gasteiger partial charge in [-0.25, -0.2) is 0 Å². The van der Waals surface area contributed by atoms with Crippen molar-refractivity contribution < 1.29 is 9.59 Å². The molecule has 3 rings (SSSR count). The van der Waals surface area contributed by atoms with Crippen LogP contribution < -0.4 is 10.6 Å². The molecule has 0 radical (unpaired) electrons. The molecular formula is C24H24N2O2. The summed E-state index contributed by atoms with van der Waals surface area (Å²) >= 11 is 0. The Morgan fingerprint density at radius 2 is 1.32 bits per heavy atom.